The van der Waals surface area contributed by atoms with Gasteiger partial charge < -0.3 is 10.6 Å². The van der Waals surface area contributed by atoms with E-state index in [0.717, 1.165) is 40.6 Å². The number of rotatable bonds is 8. The number of nitrogens with zero attached hydrogens (tertiary/aromatic N) is 4. The maximum absolute atomic E-state index is 12.7. The zero-order valence-electron chi connectivity index (χ0n) is 17.1. The van der Waals surface area contributed by atoms with Gasteiger partial charge in [0.2, 0.25) is 0 Å². The van der Waals surface area contributed by atoms with Crippen LogP contribution in [0.5, 0.6) is 0 Å². The predicted octanol–water partition coefficient (Wildman–Crippen LogP) is 3.95. The minimum absolute atomic E-state index is 0.0898. The second kappa shape index (κ2) is 9.13. The van der Waals surface area contributed by atoms with Gasteiger partial charge in [0.05, 0.1) is 18.1 Å². The van der Waals surface area contributed by atoms with Crippen molar-refractivity contribution in [3.8, 4) is 0 Å². The molecule has 7 nitrogen and oxygen atoms in total. The van der Waals surface area contributed by atoms with E-state index in [9.17, 15) is 4.79 Å². The van der Waals surface area contributed by atoms with Gasteiger partial charge in [0.1, 0.15) is 5.82 Å². The van der Waals surface area contributed by atoms with Crippen LogP contribution in [-0.2, 0) is 6.54 Å². The molecule has 0 unspecified atom stereocenters. The van der Waals surface area contributed by atoms with Gasteiger partial charge >= 0.3 is 0 Å². The van der Waals surface area contributed by atoms with Crippen LogP contribution >= 0.6 is 11.8 Å². The highest BCUT2D eigenvalue weighted by Gasteiger charge is 2.13. The molecule has 2 heterocycles. The first-order valence-corrected chi connectivity index (χ1v) is 11.2. The van der Waals surface area contributed by atoms with Gasteiger partial charge in [0, 0.05) is 18.7 Å². The fourth-order valence-electron chi connectivity index (χ4n) is 3.36. The van der Waals surface area contributed by atoms with Crippen LogP contribution in [0, 0.1) is 0 Å². The van der Waals surface area contributed by atoms with E-state index < -0.39 is 0 Å². The van der Waals surface area contributed by atoms with E-state index in [0.29, 0.717) is 23.8 Å². The summed E-state index contributed by atoms with van der Waals surface area (Å²) in [5.41, 5.74) is 1.45. The molecule has 0 spiro atoms. The fraction of sp³-hybridized carbons (Fsp3) is 0.273. The lowest BCUT2D eigenvalue weighted by molar-refractivity contribution is 0.0953. The van der Waals surface area contributed by atoms with E-state index in [4.69, 9.17) is 0 Å². The summed E-state index contributed by atoms with van der Waals surface area (Å²) < 4.78 is 1.82. The second-order valence-corrected chi connectivity index (χ2v) is 7.65. The quantitative estimate of drug-likeness (QED) is 0.332. The van der Waals surface area contributed by atoms with Crippen molar-refractivity contribution in [2.24, 2.45) is 0 Å². The molecule has 0 aliphatic carbocycles. The predicted molar refractivity (Wildman–Crippen MR) is 122 cm³/mol. The number of thioether (sulfide) groups is 1. The molecule has 0 bridgehead atoms. The van der Waals surface area contributed by atoms with Gasteiger partial charge in [-0.1, -0.05) is 55.1 Å². The third-order valence-corrected chi connectivity index (χ3v) is 5.39. The molecule has 0 aliphatic heterocycles. The maximum atomic E-state index is 12.7. The molecule has 8 heteroatoms. The number of fused-ring (bicyclic) bond motifs is 2. The van der Waals surface area contributed by atoms with Crippen LogP contribution < -0.4 is 10.6 Å². The number of hydrogen-bond donors (Lipinski definition) is 2. The minimum Gasteiger partial charge on any atom is -0.369 e. The number of carbonyl (C=O) groups excluding carboxylic acids is 1. The molecule has 4 rings (SSSR count). The molecule has 154 valence electrons. The summed E-state index contributed by atoms with van der Waals surface area (Å²) in [5, 5.41) is 14.4. The average molecular weight is 421 g/mol. The van der Waals surface area contributed by atoms with Crippen LogP contribution in [0.15, 0.2) is 53.8 Å². The van der Waals surface area contributed by atoms with Gasteiger partial charge in [-0.3, -0.25) is 4.79 Å². The fourth-order valence-corrected chi connectivity index (χ4v) is 3.72. The number of anilines is 1. The topological polar surface area (TPSA) is 84.7 Å². The summed E-state index contributed by atoms with van der Waals surface area (Å²) >= 11 is 1.50. The highest BCUT2D eigenvalue weighted by Crippen LogP contribution is 2.23. The highest BCUT2D eigenvalue weighted by atomic mass is 32.2. The maximum Gasteiger partial charge on any atom is 0.251 e. The van der Waals surface area contributed by atoms with Gasteiger partial charge in [-0.15, -0.1) is 0 Å². The summed E-state index contributed by atoms with van der Waals surface area (Å²) in [4.78, 5) is 21.9. The third kappa shape index (κ3) is 4.09. The third-order valence-electron chi connectivity index (χ3n) is 4.84. The van der Waals surface area contributed by atoms with Crippen molar-refractivity contribution in [1.29, 1.82) is 0 Å². The van der Waals surface area contributed by atoms with Crippen molar-refractivity contribution in [2.75, 3.05) is 24.7 Å². The van der Waals surface area contributed by atoms with Crippen LogP contribution in [0.1, 0.15) is 23.7 Å². The van der Waals surface area contributed by atoms with Crippen LogP contribution in [0.2, 0.25) is 0 Å². The van der Waals surface area contributed by atoms with Gasteiger partial charge in [-0.25, -0.2) is 14.6 Å². The minimum atomic E-state index is -0.0898. The van der Waals surface area contributed by atoms with Crippen LogP contribution in [0.4, 0.5) is 5.82 Å². The van der Waals surface area contributed by atoms with E-state index in [1.54, 1.807) is 6.20 Å². The molecular weight excluding hydrogens is 396 g/mol. The molecular formula is C22H24N6OS. The molecule has 0 fully saturated rings. The summed E-state index contributed by atoms with van der Waals surface area (Å²) in [6.07, 6.45) is 4.74. The lowest BCUT2D eigenvalue weighted by atomic mass is 10.0. The number of benzene rings is 2. The molecule has 2 aromatic heterocycles. The van der Waals surface area contributed by atoms with Crippen LogP contribution in [-0.4, -0.2) is 45.0 Å². The lowest BCUT2D eigenvalue weighted by Crippen LogP contribution is -2.27. The van der Waals surface area contributed by atoms with E-state index >= 15 is 0 Å². The molecule has 2 N–H and O–H groups in total. The Balaban J connectivity index is 1.50. The Kier molecular flexibility index (Phi) is 6.13. The molecule has 4 aromatic rings. The van der Waals surface area contributed by atoms with Crippen molar-refractivity contribution in [3.63, 3.8) is 0 Å². The van der Waals surface area contributed by atoms with Gasteiger partial charge in [0.15, 0.2) is 10.8 Å². The van der Waals surface area contributed by atoms with E-state index in [2.05, 4.69) is 32.6 Å². The van der Waals surface area contributed by atoms with Crippen molar-refractivity contribution in [1.82, 2.24) is 25.1 Å². The molecule has 0 aliphatic rings. The smallest absolute Gasteiger partial charge is 0.251 e. The Morgan fingerprint density at radius 1 is 1.07 bits per heavy atom. The number of hydrogen-bond acceptors (Lipinski definition) is 6. The van der Waals surface area contributed by atoms with Crippen molar-refractivity contribution >= 4 is 45.3 Å². The van der Waals surface area contributed by atoms with Crippen LogP contribution in [0.3, 0.4) is 0 Å². The second-order valence-electron chi connectivity index (χ2n) is 6.87. The Labute approximate surface area is 179 Å². The zero-order chi connectivity index (χ0) is 20.9. The monoisotopic (exact) mass is 420 g/mol. The molecule has 0 saturated heterocycles. The number of nitrogens with one attached hydrogen (secondary N) is 2. The SMILES string of the molecule is CCCNc1nc(SC)nc2c1cnn2CCNC(=O)c1cccc2ccccc12. The van der Waals surface area contributed by atoms with Crippen molar-refractivity contribution < 1.29 is 4.79 Å². The first-order valence-electron chi connectivity index (χ1n) is 9.98. The molecule has 30 heavy (non-hydrogen) atoms. The Bertz CT molecular complexity index is 1180. The Morgan fingerprint density at radius 3 is 2.73 bits per heavy atom. The number of aromatic nitrogens is 4. The largest absolute Gasteiger partial charge is 0.369 e. The molecule has 0 saturated carbocycles. The summed E-state index contributed by atoms with van der Waals surface area (Å²) in [5.74, 6) is 0.713. The number of carbonyl (C=O) groups is 1. The Hall–Kier alpha value is -3.13. The molecule has 1 amide bonds. The van der Waals surface area contributed by atoms with Crippen molar-refractivity contribution in [2.45, 2.75) is 25.0 Å². The Morgan fingerprint density at radius 2 is 1.90 bits per heavy atom. The van der Waals surface area contributed by atoms with Crippen molar-refractivity contribution in [3.05, 3.63) is 54.2 Å². The normalized spacial score (nSPS) is 11.1. The van der Waals surface area contributed by atoms with E-state index in [-0.39, 0.29) is 5.91 Å². The lowest BCUT2D eigenvalue weighted by Gasteiger charge is -2.10. The first kappa shape index (κ1) is 20.2. The van der Waals surface area contributed by atoms with Gasteiger partial charge in [-0.2, -0.15) is 5.10 Å². The average Bonchev–Trinajstić information content (AvgIpc) is 3.19. The molecule has 0 radical (unpaired) electrons. The van der Waals surface area contributed by atoms with Gasteiger partial charge in [-0.05, 0) is 29.5 Å². The standard InChI is InChI=1S/C22H24N6OS/c1-3-11-23-19-18-14-25-28(20(18)27-22(26-19)30-2)13-12-24-21(29)17-10-6-8-15-7-4-5-9-16(15)17/h4-10,14H,3,11-13H2,1-2H3,(H,24,29)(H,23,26,27). The first-order chi connectivity index (χ1) is 14.7. The zero-order valence-corrected chi connectivity index (χ0v) is 17.9. The van der Waals surface area contributed by atoms with E-state index in [1.165, 1.54) is 11.8 Å². The molecule has 2 aromatic carbocycles. The highest BCUT2D eigenvalue weighted by molar-refractivity contribution is 7.98. The summed E-state index contributed by atoms with van der Waals surface area (Å²) in [6.45, 7) is 3.93. The van der Waals surface area contributed by atoms with E-state index in [1.807, 2.05) is 53.4 Å². The summed E-state index contributed by atoms with van der Waals surface area (Å²) in [7, 11) is 0. The van der Waals surface area contributed by atoms with Crippen LogP contribution in [0.25, 0.3) is 21.8 Å². The number of amides is 1. The van der Waals surface area contributed by atoms with Gasteiger partial charge in [0.25, 0.3) is 5.91 Å². The molecule has 0 atom stereocenters. The summed E-state index contributed by atoms with van der Waals surface area (Å²) in [6, 6.07) is 13.7.